The lowest BCUT2D eigenvalue weighted by molar-refractivity contribution is 0.173. The summed E-state index contributed by atoms with van der Waals surface area (Å²) in [5, 5.41) is 16.3. The van der Waals surface area contributed by atoms with Crippen molar-refractivity contribution in [2.24, 2.45) is 0 Å². The van der Waals surface area contributed by atoms with Gasteiger partial charge in [-0.05, 0) is 31.7 Å². The smallest absolute Gasteiger partial charge is 0.109 e. The Morgan fingerprint density at radius 2 is 2.00 bits per heavy atom. The maximum Gasteiger partial charge on any atom is 0.109 e. The molecule has 0 bridgehead atoms. The van der Waals surface area contributed by atoms with Gasteiger partial charge < -0.3 is 10.4 Å². The maximum absolute atomic E-state index is 9.70. The Balaban J connectivity index is 1.98. The molecule has 3 nitrogen and oxygen atoms in total. The summed E-state index contributed by atoms with van der Waals surface area (Å²) in [5.74, 6) is 0.318. The quantitative estimate of drug-likeness (QED) is 0.822. The van der Waals surface area contributed by atoms with Crippen molar-refractivity contribution in [3.63, 3.8) is 0 Å². The van der Waals surface area contributed by atoms with Crippen LogP contribution in [-0.2, 0) is 0 Å². The standard InChI is InChI=1S/C16H22N2OS/c1-12(19)10-15(14-6-4-3-5-7-14)11-18-13(2)16-17-8-9-20-16/h3-9,12-13,15,18-19H,10-11H2,1-2H3. The highest BCUT2D eigenvalue weighted by atomic mass is 32.1. The molecule has 0 amide bonds. The van der Waals surface area contributed by atoms with Crippen LogP contribution in [0.4, 0.5) is 0 Å². The molecule has 2 aromatic rings. The van der Waals surface area contributed by atoms with Crippen LogP contribution >= 0.6 is 11.3 Å². The predicted octanol–water partition coefficient (Wildman–Crippen LogP) is 3.35. The van der Waals surface area contributed by atoms with E-state index in [1.165, 1.54) is 5.56 Å². The zero-order valence-electron chi connectivity index (χ0n) is 12.0. The number of hydrogen-bond acceptors (Lipinski definition) is 4. The summed E-state index contributed by atoms with van der Waals surface area (Å²) in [6.07, 6.45) is 2.31. The van der Waals surface area contributed by atoms with Crippen LogP contribution in [0.25, 0.3) is 0 Å². The van der Waals surface area contributed by atoms with Crippen LogP contribution in [0.1, 0.15) is 42.8 Å². The first kappa shape index (κ1) is 15.2. The van der Waals surface area contributed by atoms with Gasteiger partial charge in [0.05, 0.1) is 12.1 Å². The number of aliphatic hydroxyl groups is 1. The van der Waals surface area contributed by atoms with Gasteiger partial charge in [0.15, 0.2) is 0 Å². The zero-order valence-corrected chi connectivity index (χ0v) is 12.8. The summed E-state index contributed by atoms with van der Waals surface area (Å²) in [6.45, 7) is 4.82. The van der Waals surface area contributed by atoms with Crippen molar-refractivity contribution in [2.75, 3.05) is 6.54 Å². The molecule has 20 heavy (non-hydrogen) atoms. The van der Waals surface area contributed by atoms with Gasteiger partial charge in [-0.1, -0.05) is 30.3 Å². The third-order valence-electron chi connectivity index (χ3n) is 3.39. The summed E-state index contributed by atoms with van der Waals surface area (Å²) in [5.41, 5.74) is 1.27. The van der Waals surface area contributed by atoms with Crippen molar-refractivity contribution >= 4 is 11.3 Å². The number of benzene rings is 1. The van der Waals surface area contributed by atoms with E-state index in [1.54, 1.807) is 11.3 Å². The average Bonchev–Trinajstić information content (AvgIpc) is 2.98. The Hall–Kier alpha value is -1.23. The van der Waals surface area contributed by atoms with Crippen molar-refractivity contribution in [3.05, 3.63) is 52.5 Å². The van der Waals surface area contributed by atoms with Crippen LogP contribution in [-0.4, -0.2) is 22.7 Å². The molecule has 0 radical (unpaired) electrons. The molecule has 4 heteroatoms. The number of thiazole rings is 1. The first-order valence-electron chi connectivity index (χ1n) is 7.02. The van der Waals surface area contributed by atoms with Gasteiger partial charge in [-0.25, -0.2) is 4.98 Å². The lowest BCUT2D eigenvalue weighted by Gasteiger charge is -2.21. The predicted molar refractivity (Wildman–Crippen MR) is 84.0 cm³/mol. The molecule has 2 rings (SSSR count). The second-order valence-corrected chi connectivity index (χ2v) is 6.12. The van der Waals surface area contributed by atoms with Crippen molar-refractivity contribution in [1.82, 2.24) is 10.3 Å². The Morgan fingerprint density at radius 1 is 1.25 bits per heavy atom. The molecule has 0 fully saturated rings. The summed E-state index contributed by atoms with van der Waals surface area (Å²) >= 11 is 1.67. The minimum atomic E-state index is -0.294. The number of hydrogen-bond donors (Lipinski definition) is 2. The number of nitrogens with one attached hydrogen (secondary N) is 1. The fraction of sp³-hybridized carbons (Fsp3) is 0.438. The van der Waals surface area contributed by atoms with E-state index in [0.29, 0.717) is 5.92 Å². The van der Waals surface area contributed by atoms with Gasteiger partial charge in [-0.15, -0.1) is 11.3 Å². The second-order valence-electron chi connectivity index (χ2n) is 5.19. The highest BCUT2D eigenvalue weighted by molar-refractivity contribution is 7.09. The molecule has 0 saturated heterocycles. The summed E-state index contributed by atoms with van der Waals surface area (Å²) in [6, 6.07) is 10.6. The number of nitrogens with zero attached hydrogens (tertiary/aromatic N) is 1. The molecule has 0 aliphatic carbocycles. The molecule has 0 aliphatic rings. The first-order valence-corrected chi connectivity index (χ1v) is 7.90. The molecular weight excluding hydrogens is 268 g/mol. The third kappa shape index (κ3) is 4.40. The van der Waals surface area contributed by atoms with E-state index >= 15 is 0 Å². The molecule has 1 heterocycles. The topological polar surface area (TPSA) is 45.1 Å². The largest absolute Gasteiger partial charge is 0.393 e. The Labute approximate surface area is 124 Å². The van der Waals surface area contributed by atoms with E-state index < -0.39 is 0 Å². The molecule has 0 saturated carbocycles. The molecule has 3 unspecified atom stereocenters. The monoisotopic (exact) mass is 290 g/mol. The van der Waals surface area contributed by atoms with Crippen LogP contribution in [0.5, 0.6) is 0 Å². The van der Waals surface area contributed by atoms with Gasteiger partial charge in [0.25, 0.3) is 0 Å². The molecule has 1 aromatic heterocycles. The fourth-order valence-corrected chi connectivity index (χ4v) is 3.00. The van der Waals surface area contributed by atoms with E-state index in [1.807, 2.05) is 24.6 Å². The molecule has 2 N–H and O–H groups in total. The van der Waals surface area contributed by atoms with Crippen LogP contribution in [0, 0.1) is 0 Å². The van der Waals surface area contributed by atoms with Gasteiger partial charge in [-0.2, -0.15) is 0 Å². The second kappa shape index (κ2) is 7.53. The fourth-order valence-electron chi connectivity index (χ4n) is 2.33. The van der Waals surface area contributed by atoms with Crippen LogP contribution in [0.2, 0.25) is 0 Å². The Kier molecular flexibility index (Phi) is 5.71. The molecule has 0 aliphatic heterocycles. The summed E-state index contributed by atoms with van der Waals surface area (Å²) in [4.78, 5) is 4.33. The van der Waals surface area contributed by atoms with E-state index in [4.69, 9.17) is 0 Å². The number of rotatable bonds is 7. The van der Waals surface area contributed by atoms with Gasteiger partial charge in [0.1, 0.15) is 5.01 Å². The molecule has 108 valence electrons. The SMILES string of the molecule is CC(O)CC(CNC(C)c1nccs1)c1ccccc1. The lowest BCUT2D eigenvalue weighted by Crippen LogP contribution is -2.26. The van der Waals surface area contributed by atoms with Crippen molar-refractivity contribution in [1.29, 1.82) is 0 Å². The average molecular weight is 290 g/mol. The molecule has 1 aromatic carbocycles. The Bertz CT molecular complexity index is 484. The van der Waals surface area contributed by atoms with E-state index in [0.717, 1.165) is 18.0 Å². The first-order chi connectivity index (χ1) is 9.66. The van der Waals surface area contributed by atoms with Crippen molar-refractivity contribution in [3.8, 4) is 0 Å². The van der Waals surface area contributed by atoms with Gasteiger partial charge in [0, 0.05) is 18.1 Å². The highest BCUT2D eigenvalue weighted by Crippen LogP contribution is 2.22. The lowest BCUT2D eigenvalue weighted by atomic mass is 9.93. The van der Waals surface area contributed by atoms with Crippen LogP contribution in [0.3, 0.4) is 0 Å². The summed E-state index contributed by atoms with van der Waals surface area (Å²) in [7, 11) is 0. The molecule has 0 spiro atoms. The third-order valence-corrected chi connectivity index (χ3v) is 4.35. The van der Waals surface area contributed by atoms with Crippen molar-refractivity contribution < 1.29 is 5.11 Å². The van der Waals surface area contributed by atoms with Crippen LogP contribution in [0.15, 0.2) is 41.9 Å². The van der Waals surface area contributed by atoms with Crippen LogP contribution < -0.4 is 5.32 Å². The van der Waals surface area contributed by atoms with E-state index in [-0.39, 0.29) is 12.1 Å². The van der Waals surface area contributed by atoms with Crippen molar-refractivity contribution in [2.45, 2.75) is 38.3 Å². The summed E-state index contributed by atoms with van der Waals surface area (Å²) < 4.78 is 0. The minimum Gasteiger partial charge on any atom is -0.393 e. The van der Waals surface area contributed by atoms with Gasteiger partial charge >= 0.3 is 0 Å². The molecule has 3 atom stereocenters. The maximum atomic E-state index is 9.70. The highest BCUT2D eigenvalue weighted by Gasteiger charge is 2.16. The number of aromatic nitrogens is 1. The number of aliphatic hydroxyl groups excluding tert-OH is 1. The van der Waals surface area contributed by atoms with E-state index in [9.17, 15) is 5.11 Å². The van der Waals surface area contributed by atoms with E-state index in [2.05, 4.69) is 41.5 Å². The normalized spacial score (nSPS) is 15.8. The minimum absolute atomic E-state index is 0.246. The van der Waals surface area contributed by atoms with Gasteiger partial charge in [-0.3, -0.25) is 0 Å². The molecular formula is C16H22N2OS. The zero-order chi connectivity index (χ0) is 14.4. The van der Waals surface area contributed by atoms with Gasteiger partial charge in [0.2, 0.25) is 0 Å². The Morgan fingerprint density at radius 3 is 2.60 bits per heavy atom.